The summed E-state index contributed by atoms with van der Waals surface area (Å²) in [4.78, 5) is 12.2. The molecule has 0 N–H and O–H groups in total. The van der Waals surface area contributed by atoms with Gasteiger partial charge in [-0.25, -0.2) is 9.48 Å². The Bertz CT molecular complexity index is 884. The summed E-state index contributed by atoms with van der Waals surface area (Å²) in [5.74, 6) is 0.286. The molecule has 0 bridgehead atoms. The Morgan fingerprint density at radius 2 is 2.07 bits per heavy atom. The van der Waals surface area contributed by atoms with E-state index in [1.165, 1.54) is 7.11 Å². The van der Waals surface area contributed by atoms with Gasteiger partial charge >= 0.3 is 5.97 Å². The fourth-order valence-corrected chi connectivity index (χ4v) is 2.98. The number of aromatic nitrogens is 3. The first-order chi connectivity index (χ1) is 12.8. The fourth-order valence-electron chi connectivity index (χ4n) is 2.98. The van der Waals surface area contributed by atoms with Crippen molar-refractivity contribution >= 4 is 12.0 Å². The topological polar surface area (TPSA) is 82.1 Å². The molecule has 0 saturated carbocycles. The highest BCUT2D eigenvalue weighted by atomic mass is 16.6. The van der Waals surface area contributed by atoms with Crippen molar-refractivity contribution in [3.8, 4) is 11.9 Å². The number of methoxy groups -OCH3 is 1. The van der Waals surface area contributed by atoms with Crippen LogP contribution in [0.3, 0.4) is 0 Å². The van der Waals surface area contributed by atoms with Crippen LogP contribution < -0.4 is 0 Å². The monoisotopic (exact) mass is 370 g/mol. The van der Waals surface area contributed by atoms with Gasteiger partial charge in [0.05, 0.1) is 12.8 Å². The highest BCUT2D eigenvalue weighted by molar-refractivity contribution is 5.98. The van der Waals surface area contributed by atoms with Crippen LogP contribution in [-0.2, 0) is 14.3 Å². The molecule has 27 heavy (non-hydrogen) atoms. The maximum atomic E-state index is 12.2. The van der Waals surface area contributed by atoms with Crippen LogP contribution in [0.15, 0.2) is 23.9 Å². The predicted octanol–water partition coefficient (Wildman–Crippen LogP) is 3.36. The lowest BCUT2D eigenvalue weighted by molar-refractivity contribution is -0.145. The number of ether oxygens (including phenoxy) is 2. The van der Waals surface area contributed by atoms with Crippen molar-refractivity contribution in [3.63, 3.8) is 0 Å². The van der Waals surface area contributed by atoms with Gasteiger partial charge in [-0.2, -0.15) is 10.4 Å². The Morgan fingerprint density at radius 3 is 2.67 bits per heavy atom. The van der Waals surface area contributed by atoms with Crippen molar-refractivity contribution in [1.29, 1.82) is 5.26 Å². The third kappa shape index (κ3) is 4.47. The van der Waals surface area contributed by atoms with Crippen LogP contribution in [0.2, 0.25) is 0 Å². The van der Waals surface area contributed by atoms with Crippen molar-refractivity contribution in [2.45, 2.75) is 46.8 Å². The molecule has 144 valence electrons. The summed E-state index contributed by atoms with van der Waals surface area (Å²) >= 11 is 0. The molecule has 2 rings (SSSR count). The Morgan fingerprint density at radius 1 is 1.37 bits per heavy atom. The summed E-state index contributed by atoms with van der Waals surface area (Å²) in [6, 6.07) is 6.03. The van der Waals surface area contributed by atoms with E-state index in [2.05, 4.69) is 23.5 Å². The number of esters is 1. The smallest absolute Gasteiger partial charge is 0.349 e. The molecule has 0 spiro atoms. The number of carbonyl (C=O) groups excluding carboxylic acids is 1. The van der Waals surface area contributed by atoms with Gasteiger partial charge in [0, 0.05) is 30.6 Å². The van der Waals surface area contributed by atoms with Crippen LogP contribution in [0.4, 0.5) is 0 Å². The van der Waals surface area contributed by atoms with Crippen LogP contribution in [0.25, 0.3) is 11.9 Å². The van der Waals surface area contributed by atoms with Gasteiger partial charge in [0.25, 0.3) is 0 Å². The number of nitriles is 1. The van der Waals surface area contributed by atoms with E-state index < -0.39 is 12.1 Å². The molecule has 7 heteroatoms. The van der Waals surface area contributed by atoms with Gasteiger partial charge in [0.2, 0.25) is 0 Å². The quantitative estimate of drug-likeness (QED) is 0.424. The highest BCUT2D eigenvalue weighted by Crippen LogP contribution is 2.24. The first-order valence-corrected chi connectivity index (χ1v) is 8.84. The number of nitrogens with zero attached hydrogens (tertiary/aromatic N) is 4. The Balaban J connectivity index is 2.40. The number of hydrogen-bond acceptors (Lipinski definition) is 5. The maximum Gasteiger partial charge on any atom is 0.349 e. The van der Waals surface area contributed by atoms with Gasteiger partial charge in [-0.05, 0) is 52.3 Å². The number of hydrogen-bond donors (Lipinski definition) is 0. The lowest BCUT2D eigenvalue weighted by Crippen LogP contribution is -2.20. The number of rotatable bonds is 7. The average molecular weight is 370 g/mol. The first-order valence-electron chi connectivity index (χ1n) is 8.84. The normalized spacial score (nSPS) is 12.9. The second-order valence-electron chi connectivity index (χ2n) is 6.73. The zero-order chi connectivity index (χ0) is 20.1. The minimum Gasteiger partial charge on any atom is -0.456 e. The maximum absolute atomic E-state index is 12.2. The van der Waals surface area contributed by atoms with Crippen molar-refractivity contribution in [2.24, 2.45) is 0 Å². The molecule has 2 heterocycles. The van der Waals surface area contributed by atoms with Gasteiger partial charge in [0.1, 0.15) is 23.6 Å². The average Bonchev–Trinajstić information content (AvgIpc) is 3.17. The minimum atomic E-state index is -0.654. The van der Waals surface area contributed by atoms with Gasteiger partial charge in [0.15, 0.2) is 0 Å². The minimum absolute atomic E-state index is 0.0458. The molecule has 0 aliphatic rings. The van der Waals surface area contributed by atoms with E-state index in [4.69, 9.17) is 9.47 Å². The van der Waals surface area contributed by atoms with Crippen molar-refractivity contribution < 1.29 is 14.3 Å². The predicted molar refractivity (Wildman–Crippen MR) is 102 cm³/mol. The van der Waals surface area contributed by atoms with Crippen LogP contribution in [-0.4, -0.2) is 40.1 Å². The lowest BCUT2D eigenvalue weighted by Gasteiger charge is -2.15. The van der Waals surface area contributed by atoms with E-state index >= 15 is 0 Å². The number of carbonyl (C=O) groups is 1. The second kappa shape index (κ2) is 8.69. The third-order valence-corrected chi connectivity index (χ3v) is 4.19. The van der Waals surface area contributed by atoms with Crippen LogP contribution in [0, 0.1) is 25.2 Å². The third-order valence-electron chi connectivity index (χ3n) is 4.19. The summed E-state index contributed by atoms with van der Waals surface area (Å²) in [6.45, 7) is 10.1. The summed E-state index contributed by atoms with van der Waals surface area (Å²) in [6.07, 6.45) is 2.91. The van der Waals surface area contributed by atoms with Crippen LogP contribution >= 0.6 is 0 Å². The summed E-state index contributed by atoms with van der Waals surface area (Å²) in [5, 5.41) is 13.8. The van der Waals surface area contributed by atoms with Crippen LogP contribution in [0.5, 0.6) is 0 Å². The van der Waals surface area contributed by atoms with E-state index in [0.717, 1.165) is 22.8 Å². The molecule has 0 aromatic carbocycles. The Hall–Kier alpha value is -2.85. The van der Waals surface area contributed by atoms with E-state index in [1.54, 1.807) is 19.2 Å². The zero-order valence-corrected chi connectivity index (χ0v) is 16.7. The largest absolute Gasteiger partial charge is 0.456 e. The molecule has 0 radical (unpaired) electrons. The molecule has 0 aliphatic heterocycles. The zero-order valence-electron chi connectivity index (χ0n) is 16.7. The SMILES string of the molecule is COC[C@H](C)OC(=O)/C(C#N)=C/c1cc(C)n(-c2ccnn2C(C)C)c1C. The fraction of sp³-hybridized carbons (Fsp3) is 0.450. The first kappa shape index (κ1) is 20.5. The van der Waals surface area contributed by atoms with E-state index in [9.17, 15) is 10.1 Å². The molecule has 7 nitrogen and oxygen atoms in total. The van der Waals surface area contributed by atoms with E-state index in [-0.39, 0.29) is 18.2 Å². The molecule has 0 fully saturated rings. The molecule has 2 aromatic rings. The standard InChI is InChI=1S/C20H26N4O3/c1-13(2)24-19(7-8-22-24)23-14(3)9-17(16(23)5)10-18(11-21)20(25)27-15(4)12-26-6/h7-10,13,15H,12H2,1-6H3/b18-10+/t15-/m0/s1. The summed E-state index contributed by atoms with van der Waals surface area (Å²) < 4.78 is 14.2. The molecule has 0 saturated heterocycles. The molecule has 0 aliphatic carbocycles. The van der Waals surface area contributed by atoms with E-state index in [0.29, 0.717) is 0 Å². The van der Waals surface area contributed by atoms with Crippen LogP contribution in [0.1, 0.15) is 43.8 Å². The second-order valence-corrected chi connectivity index (χ2v) is 6.73. The Labute approximate surface area is 159 Å². The van der Waals surface area contributed by atoms with E-state index in [1.807, 2.05) is 36.7 Å². The van der Waals surface area contributed by atoms with Crippen molar-refractivity contribution in [1.82, 2.24) is 14.3 Å². The molecule has 0 amide bonds. The molecule has 0 unspecified atom stereocenters. The van der Waals surface area contributed by atoms with Crippen molar-refractivity contribution in [3.05, 3.63) is 40.9 Å². The summed E-state index contributed by atoms with van der Waals surface area (Å²) in [5.41, 5.74) is 2.65. The summed E-state index contributed by atoms with van der Waals surface area (Å²) in [7, 11) is 1.53. The van der Waals surface area contributed by atoms with Gasteiger partial charge in [-0.15, -0.1) is 0 Å². The molecular formula is C20H26N4O3. The number of aryl methyl sites for hydroxylation is 1. The molecular weight excluding hydrogens is 344 g/mol. The lowest BCUT2D eigenvalue weighted by atomic mass is 10.1. The highest BCUT2D eigenvalue weighted by Gasteiger charge is 2.18. The van der Waals surface area contributed by atoms with Crippen molar-refractivity contribution in [2.75, 3.05) is 13.7 Å². The van der Waals surface area contributed by atoms with Gasteiger partial charge in [-0.3, -0.25) is 0 Å². The molecule has 2 aromatic heterocycles. The van der Waals surface area contributed by atoms with Gasteiger partial charge in [-0.1, -0.05) is 0 Å². The molecule has 1 atom stereocenters. The van der Waals surface area contributed by atoms with Gasteiger partial charge < -0.3 is 14.0 Å². The Kier molecular flexibility index (Phi) is 6.59.